The van der Waals surface area contributed by atoms with Crippen LogP contribution in [0.15, 0.2) is 59.1 Å². The summed E-state index contributed by atoms with van der Waals surface area (Å²) < 4.78 is 24.2. The predicted octanol–water partition coefficient (Wildman–Crippen LogP) is 4.65. The van der Waals surface area contributed by atoms with Gasteiger partial charge in [-0.25, -0.2) is 14.2 Å². The number of carbonyl (C=O) groups is 2. The molecule has 4 rings (SSSR count). The van der Waals surface area contributed by atoms with Crippen LogP contribution in [0.1, 0.15) is 42.5 Å². The summed E-state index contributed by atoms with van der Waals surface area (Å²) in [5.41, 5.74) is 0.331. The van der Waals surface area contributed by atoms with Crippen LogP contribution in [-0.2, 0) is 9.53 Å². The molecule has 1 aromatic heterocycles. The molecule has 33 heavy (non-hydrogen) atoms. The highest BCUT2D eigenvalue weighted by atomic mass is 19.1. The van der Waals surface area contributed by atoms with E-state index in [2.05, 4.69) is 16.4 Å². The first-order valence-electron chi connectivity index (χ1n) is 10.7. The first-order valence-corrected chi connectivity index (χ1v) is 10.7. The highest BCUT2D eigenvalue weighted by molar-refractivity contribution is 5.97. The van der Waals surface area contributed by atoms with Crippen LogP contribution in [0.5, 0.6) is 0 Å². The Morgan fingerprint density at radius 1 is 1.12 bits per heavy atom. The van der Waals surface area contributed by atoms with Crippen molar-refractivity contribution in [3.63, 3.8) is 0 Å². The summed E-state index contributed by atoms with van der Waals surface area (Å²) in [5, 5.41) is 12.2. The van der Waals surface area contributed by atoms with Gasteiger partial charge in [0.2, 0.25) is 5.89 Å². The van der Waals surface area contributed by atoms with E-state index >= 15 is 0 Å². The van der Waals surface area contributed by atoms with Gasteiger partial charge in [0.15, 0.2) is 12.4 Å². The number of carbonyl (C=O) groups excluding carboxylic acids is 2. The van der Waals surface area contributed by atoms with Crippen LogP contribution in [0.4, 0.5) is 4.39 Å². The lowest BCUT2D eigenvalue weighted by molar-refractivity contribution is -0.125. The van der Waals surface area contributed by atoms with Crippen LogP contribution >= 0.6 is 0 Å². The molecule has 1 N–H and O–H groups in total. The van der Waals surface area contributed by atoms with Crippen molar-refractivity contribution in [1.29, 1.82) is 5.26 Å². The molecule has 0 saturated heterocycles. The number of rotatable bonds is 6. The van der Waals surface area contributed by atoms with E-state index in [0.29, 0.717) is 29.7 Å². The molecule has 2 aromatic carbocycles. The van der Waals surface area contributed by atoms with Crippen LogP contribution in [0.3, 0.4) is 0 Å². The minimum atomic E-state index is -0.894. The number of benzene rings is 2. The lowest BCUT2D eigenvalue weighted by atomic mass is 9.83. The molecule has 1 aliphatic rings. The van der Waals surface area contributed by atoms with Gasteiger partial charge >= 0.3 is 5.97 Å². The van der Waals surface area contributed by atoms with E-state index in [-0.39, 0.29) is 17.3 Å². The molecule has 1 amide bonds. The van der Waals surface area contributed by atoms with E-state index < -0.39 is 24.0 Å². The van der Waals surface area contributed by atoms with Crippen LogP contribution in [0.25, 0.3) is 22.8 Å². The first-order chi connectivity index (χ1) is 16.0. The average Bonchev–Trinajstić information content (AvgIpc) is 3.34. The fraction of sp³-hybridized carbons (Fsp3) is 0.280. The lowest BCUT2D eigenvalue weighted by Gasteiger charge is -2.31. The summed E-state index contributed by atoms with van der Waals surface area (Å²) in [6.07, 6.45) is 5.45. The third-order valence-corrected chi connectivity index (χ3v) is 5.65. The standard InChI is InChI=1S/C25H22FN3O4/c26-18-10-8-17(9-11-18)21-14-28-23(33-21)19-6-2-3-7-20(19)24(31)32-15-22(30)29-25(16-27)12-4-1-5-13-25/h2-3,6-11,14H,1,4-5,12-13,15H2,(H,29,30). The summed E-state index contributed by atoms with van der Waals surface area (Å²) in [6, 6.07) is 14.6. The number of hydrogen-bond donors (Lipinski definition) is 1. The molecule has 1 fully saturated rings. The Labute approximate surface area is 190 Å². The Balaban J connectivity index is 1.45. The predicted molar refractivity (Wildman–Crippen MR) is 117 cm³/mol. The number of nitriles is 1. The summed E-state index contributed by atoms with van der Waals surface area (Å²) in [6.45, 7) is -0.497. The minimum Gasteiger partial charge on any atom is -0.452 e. The molecular weight excluding hydrogens is 425 g/mol. The van der Waals surface area contributed by atoms with Crippen molar-refractivity contribution in [2.75, 3.05) is 6.61 Å². The van der Waals surface area contributed by atoms with E-state index in [9.17, 15) is 19.2 Å². The van der Waals surface area contributed by atoms with E-state index in [0.717, 1.165) is 19.3 Å². The van der Waals surface area contributed by atoms with Crippen molar-refractivity contribution in [2.45, 2.75) is 37.6 Å². The quantitative estimate of drug-likeness (QED) is 0.552. The highest BCUT2D eigenvalue weighted by Crippen LogP contribution is 2.29. The summed E-state index contributed by atoms with van der Waals surface area (Å²) in [7, 11) is 0. The Hall–Kier alpha value is -3.99. The van der Waals surface area contributed by atoms with E-state index in [4.69, 9.17) is 9.15 Å². The van der Waals surface area contributed by atoms with Crippen molar-refractivity contribution >= 4 is 11.9 Å². The SMILES string of the molecule is N#CC1(NC(=O)COC(=O)c2ccccc2-c2ncc(-c3ccc(F)cc3)o2)CCCCC1. The Morgan fingerprint density at radius 2 is 1.85 bits per heavy atom. The smallest absolute Gasteiger partial charge is 0.339 e. The number of ether oxygens (including phenoxy) is 1. The maximum Gasteiger partial charge on any atom is 0.339 e. The summed E-state index contributed by atoms with van der Waals surface area (Å²) in [4.78, 5) is 29.3. The molecule has 0 spiro atoms. The van der Waals surface area contributed by atoms with Crippen molar-refractivity contribution < 1.29 is 23.1 Å². The van der Waals surface area contributed by atoms with E-state index in [1.54, 1.807) is 36.4 Å². The fourth-order valence-corrected chi connectivity index (χ4v) is 3.93. The second-order valence-corrected chi connectivity index (χ2v) is 7.96. The van der Waals surface area contributed by atoms with Crippen LogP contribution in [0.2, 0.25) is 0 Å². The van der Waals surface area contributed by atoms with Crippen molar-refractivity contribution in [3.05, 3.63) is 66.1 Å². The van der Waals surface area contributed by atoms with Gasteiger partial charge in [-0.15, -0.1) is 0 Å². The third kappa shape index (κ3) is 5.09. The van der Waals surface area contributed by atoms with E-state index in [1.807, 2.05) is 0 Å². The summed E-state index contributed by atoms with van der Waals surface area (Å²) >= 11 is 0. The molecule has 0 radical (unpaired) electrons. The minimum absolute atomic E-state index is 0.186. The Kier molecular flexibility index (Phi) is 6.50. The number of nitrogens with one attached hydrogen (secondary N) is 1. The molecule has 8 heteroatoms. The van der Waals surface area contributed by atoms with Crippen molar-refractivity contribution in [3.8, 4) is 28.8 Å². The van der Waals surface area contributed by atoms with Gasteiger partial charge in [-0.2, -0.15) is 5.26 Å². The first kappa shape index (κ1) is 22.2. The molecule has 0 atom stereocenters. The van der Waals surface area contributed by atoms with Gasteiger partial charge in [0, 0.05) is 5.56 Å². The number of halogens is 1. The molecular formula is C25H22FN3O4. The number of esters is 1. The van der Waals surface area contributed by atoms with Gasteiger partial charge in [0.25, 0.3) is 5.91 Å². The normalized spacial score (nSPS) is 14.8. The highest BCUT2D eigenvalue weighted by Gasteiger charge is 2.33. The number of amides is 1. The van der Waals surface area contributed by atoms with Gasteiger partial charge in [-0.05, 0) is 49.2 Å². The van der Waals surface area contributed by atoms with Crippen molar-refractivity contribution in [1.82, 2.24) is 10.3 Å². The van der Waals surface area contributed by atoms with Crippen LogP contribution < -0.4 is 5.32 Å². The number of aromatic nitrogens is 1. The van der Waals surface area contributed by atoms with Crippen molar-refractivity contribution in [2.24, 2.45) is 0 Å². The Morgan fingerprint density at radius 3 is 2.58 bits per heavy atom. The molecule has 0 bridgehead atoms. The molecule has 168 valence electrons. The molecule has 1 heterocycles. The van der Waals surface area contributed by atoms with Gasteiger partial charge in [-0.1, -0.05) is 31.4 Å². The third-order valence-electron chi connectivity index (χ3n) is 5.65. The van der Waals surface area contributed by atoms with Gasteiger partial charge in [0.05, 0.1) is 23.4 Å². The number of oxazole rings is 1. The van der Waals surface area contributed by atoms with E-state index in [1.165, 1.54) is 18.3 Å². The van der Waals surface area contributed by atoms with Crippen LogP contribution in [-0.4, -0.2) is 29.0 Å². The zero-order valence-electron chi connectivity index (χ0n) is 17.8. The second kappa shape index (κ2) is 9.65. The molecule has 0 unspecified atom stereocenters. The topological polar surface area (TPSA) is 105 Å². The van der Waals surface area contributed by atoms with Gasteiger partial charge < -0.3 is 14.5 Å². The average molecular weight is 447 g/mol. The van der Waals surface area contributed by atoms with Gasteiger partial charge in [0.1, 0.15) is 11.4 Å². The number of nitrogens with zero attached hydrogens (tertiary/aromatic N) is 2. The number of hydrogen-bond acceptors (Lipinski definition) is 6. The Bertz CT molecular complexity index is 1190. The largest absolute Gasteiger partial charge is 0.452 e. The maximum atomic E-state index is 13.2. The molecule has 0 aliphatic heterocycles. The lowest BCUT2D eigenvalue weighted by Crippen LogP contribution is -2.50. The zero-order chi connectivity index (χ0) is 23.3. The molecule has 3 aromatic rings. The molecule has 7 nitrogen and oxygen atoms in total. The fourth-order valence-electron chi connectivity index (χ4n) is 3.93. The maximum absolute atomic E-state index is 13.2. The monoisotopic (exact) mass is 447 g/mol. The molecule has 1 saturated carbocycles. The molecule has 1 aliphatic carbocycles. The summed E-state index contributed by atoms with van der Waals surface area (Å²) in [5.74, 6) is -0.977. The van der Waals surface area contributed by atoms with Crippen LogP contribution in [0, 0.1) is 17.1 Å². The second-order valence-electron chi connectivity index (χ2n) is 7.96. The van der Waals surface area contributed by atoms with Gasteiger partial charge in [-0.3, -0.25) is 4.79 Å². The zero-order valence-corrected chi connectivity index (χ0v) is 17.8.